The zero-order valence-electron chi connectivity index (χ0n) is 12.7. The second-order valence-electron chi connectivity index (χ2n) is 5.76. The minimum Gasteiger partial charge on any atom is -0.312 e. The van der Waals surface area contributed by atoms with Crippen molar-refractivity contribution in [3.05, 3.63) is 35.4 Å². The lowest BCUT2D eigenvalue weighted by Crippen LogP contribution is -2.51. The van der Waals surface area contributed by atoms with Crippen LogP contribution in [0.25, 0.3) is 0 Å². The van der Waals surface area contributed by atoms with E-state index in [-0.39, 0.29) is 0 Å². The number of benzene rings is 1. The van der Waals surface area contributed by atoms with Crippen LogP contribution in [-0.4, -0.2) is 56.1 Å². The lowest BCUT2D eigenvalue weighted by atomic mass is 9.98. The first-order valence-corrected chi connectivity index (χ1v) is 7.28. The Kier molecular flexibility index (Phi) is 4.97. The quantitative estimate of drug-likeness (QED) is 0.893. The van der Waals surface area contributed by atoms with Gasteiger partial charge in [-0.05, 0) is 33.5 Å². The number of nitrogens with zero attached hydrogens (tertiary/aromatic N) is 2. The van der Waals surface area contributed by atoms with Crippen molar-refractivity contribution < 1.29 is 0 Å². The van der Waals surface area contributed by atoms with Gasteiger partial charge in [-0.2, -0.15) is 0 Å². The van der Waals surface area contributed by atoms with Crippen molar-refractivity contribution in [3.8, 4) is 0 Å². The molecule has 3 heteroatoms. The molecule has 2 rings (SSSR count). The van der Waals surface area contributed by atoms with Gasteiger partial charge in [-0.3, -0.25) is 4.90 Å². The molecule has 0 spiro atoms. The third-order valence-electron chi connectivity index (χ3n) is 4.34. The molecule has 0 aromatic heterocycles. The van der Waals surface area contributed by atoms with Crippen LogP contribution < -0.4 is 5.32 Å². The van der Waals surface area contributed by atoms with Crippen molar-refractivity contribution in [2.75, 3.05) is 40.3 Å². The van der Waals surface area contributed by atoms with Gasteiger partial charge >= 0.3 is 0 Å². The summed E-state index contributed by atoms with van der Waals surface area (Å²) in [7, 11) is 4.27. The van der Waals surface area contributed by atoms with Gasteiger partial charge in [0.05, 0.1) is 0 Å². The summed E-state index contributed by atoms with van der Waals surface area (Å²) >= 11 is 0. The van der Waals surface area contributed by atoms with Crippen molar-refractivity contribution in [1.29, 1.82) is 0 Å². The molecule has 0 radical (unpaired) electrons. The average molecular weight is 261 g/mol. The van der Waals surface area contributed by atoms with E-state index in [9.17, 15) is 0 Å². The van der Waals surface area contributed by atoms with E-state index in [1.54, 1.807) is 0 Å². The first kappa shape index (κ1) is 14.5. The molecule has 2 atom stereocenters. The van der Waals surface area contributed by atoms with Crippen LogP contribution in [0.15, 0.2) is 24.3 Å². The van der Waals surface area contributed by atoms with Crippen molar-refractivity contribution in [2.24, 2.45) is 0 Å². The minimum atomic E-state index is 0.406. The molecule has 1 N–H and O–H groups in total. The van der Waals surface area contributed by atoms with Crippen molar-refractivity contribution in [3.63, 3.8) is 0 Å². The molecule has 1 aliphatic heterocycles. The Labute approximate surface area is 117 Å². The first-order valence-electron chi connectivity index (χ1n) is 7.28. The maximum absolute atomic E-state index is 3.49. The first-order chi connectivity index (χ1) is 9.11. The Morgan fingerprint density at radius 1 is 1.05 bits per heavy atom. The summed E-state index contributed by atoms with van der Waals surface area (Å²) in [4.78, 5) is 5.00. The smallest absolute Gasteiger partial charge is 0.0473 e. The Bertz CT molecular complexity index is 379. The number of likely N-dealkylation sites (N-methyl/N-ethyl adjacent to an activating group) is 2. The van der Waals surface area contributed by atoms with E-state index in [4.69, 9.17) is 0 Å². The van der Waals surface area contributed by atoms with Gasteiger partial charge in [0.25, 0.3) is 0 Å². The van der Waals surface area contributed by atoms with Gasteiger partial charge < -0.3 is 10.2 Å². The van der Waals surface area contributed by atoms with Crippen LogP contribution in [0.2, 0.25) is 0 Å². The molecule has 106 valence electrons. The zero-order chi connectivity index (χ0) is 13.8. The van der Waals surface area contributed by atoms with Gasteiger partial charge in [-0.15, -0.1) is 0 Å². The summed E-state index contributed by atoms with van der Waals surface area (Å²) in [6.45, 7) is 9.17. The number of aryl methyl sites for hydroxylation is 1. The molecule has 1 aliphatic rings. The molecule has 1 saturated heterocycles. The molecule has 3 nitrogen and oxygen atoms in total. The molecule has 1 heterocycles. The van der Waals surface area contributed by atoms with Crippen LogP contribution in [0.3, 0.4) is 0 Å². The fourth-order valence-corrected chi connectivity index (χ4v) is 2.90. The summed E-state index contributed by atoms with van der Waals surface area (Å²) in [6, 6.07) is 9.85. The summed E-state index contributed by atoms with van der Waals surface area (Å²) in [6.07, 6.45) is 0. The molecular weight excluding hydrogens is 234 g/mol. The molecule has 0 amide bonds. The molecule has 1 aromatic rings. The molecule has 1 fully saturated rings. The summed E-state index contributed by atoms with van der Waals surface area (Å²) in [5, 5.41) is 3.49. The summed E-state index contributed by atoms with van der Waals surface area (Å²) < 4.78 is 0. The topological polar surface area (TPSA) is 18.5 Å². The van der Waals surface area contributed by atoms with E-state index < -0.39 is 0 Å². The van der Waals surface area contributed by atoms with Crippen LogP contribution in [0.1, 0.15) is 24.1 Å². The number of nitrogens with one attached hydrogen (secondary N) is 1. The van der Waals surface area contributed by atoms with Gasteiger partial charge in [0.1, 0.15) is 0 Å². The molecular formula is C16H27N3. The maximum Gasteiger partial charge on any atom is 0.0473 e. The van der Waals surface area contributed by atoms with Gasteiger partial charge in [0.15, 0.2) is 0 Å². The lowest BCUT2D eigenvalue weighted by molar-refractivity contribution is 0.100. The number of hydrogen-bond donors (Lipinski definition) is 1. The largest absolute Gasteiger partial charge is 0.312 e. The van der Waals surface area contributed by atoms with Gasteiger partial charge in [-0.25, -0.2) is 0 Å². The normalized spacial score (nSPS) is 21.3. The third kappa shape index (κ3) is 3.56. The second-order valence-corrected chi connectivity index (χ2v) is 5.76. The monoisotopic (exact) mass is 261 g/mol. The second kappa shape index (κ2) is 6.51. The minimum absolute atomic E-state index is 0.406. The summed E-state index contributed by atoms with van der Waals surface area (Å²) in [5.41, 5.74) is 2.71. The van der Waals surface area contributed by atoms with Gasteiger partial charge in [0.2, 0.25) is 0 Å². The van der Waals surface area contributed by atoms with E-state index in [1.807, 2.05) is 0 Å². The lowest BCUT2D eigenvalue weighted by Gasteiger charge is -2.40. The van der Waals surface area contributed by atoms with Crippen LogP contribution in [-0.2, 0) is 0 Å². The molecule has 2 unspecified atom stereocenters. The van der Waals surface area contributed by atoms with Crippen LogP contribution in [0.5, 0.6) is 0 Å². The Morgan fingerprint density at radius 2 is 1.63 bits per heavy atom. The van der Waals surface area contributed by atoms with E-state index in [0.717, 1.165) is 0 Å². The standard InChI is InChI=1S/C16H27N3/c1-13-5-7-15(8-6-13)16(17-3)14(2)19-11-9-18(4)10-12-19/h5-8,14,16-17H,9-12H2,1-4H3. The molecule has 0 bridgehead atoms. The van der Waals surface area contributed by atoms with Crippen LogP contribution in [0.4, 0.5) is 0 Å². The predicted octanol–water partition coefficient (Wildman–Crippen LogP) is 1.89. The van der Waals surface area contributed by atoms with Gasteiger partial charge in [-0.1, -0.05) is 29.8 Å². The van der Waals surface area contributed by atoms with Crippen molar-refractivity contribution in [1.82, 2.24) is 15.1 Å². The number of piperazine rings is 1. The summed E-state index contributed by atoms with van der Waals surface area (Å²) in [5.74, 6) is 0. The van der Waals surface area contributed by atoms with Crippen LogP contribution >= 0.6 is 0 Å². The zero-order valence-corrected chi connectivity index (χ0v) is 12.7. The van der Waals surface area contributed by atoms with E-state index in [1.165, 1.54) is 37.3 Å². The van der Waals surface area contributed by atoms with Crippen molar-refractivity contribution in [2.45, 2.75) is 25.9 Å². The molecule has 19 heavy (non-hydrogen) atoms. The Hall–Kier alpha value is -0.900. The number of rotatable bonds is 4. The highest BCUT2D eigenvalue weighted by Gasteiger charge is 2.25. The maximum atomic E-state index is 3.49. The van der Waals surface area contributed by atoms with E-state index in [2.05, 4.69) is 67.3 Å². The average Bonchev–Trinajstić information content (AvgIpc) is 2.42. The molecule has 1 aromatic carbocycles. The van der Waals surface area contributed by atoms with Crippen LogP contribution in [0, 0.1) is 6.92 Å². The van der Waals surface area contributed by atoms with E-state index >= 15 is 0 Å². The fourth-order valence-electron chi connectivity index (χ4n) is 2.90. The van der Waals surface area contributed by atoms with Crippen molar-refractivity contribution >= 4 is 0 Å². The van der Waals surface area contributed by atoms with E-state index in [0.29, 0.717) is 12.1 Å². The highest BCUT2D eigenvalue weighted by molar-refractivity contribution is 5.25. The number of hydrogen-bond acceptors (Lipinski definition) is 3. The van der Waals surface area contributed by atoms with Gasteiger partial charge in [0, 0.05) is 38.3 Å². The predicted molar refractivity (Wildman–Crippen MR) is 81.5 cm³/mol. The SMILES string of the molecule is CNC(c1ccc(C)cc1)C(C)N1CCN(C)CC1. The Morgan fingerprint density at radius 3 is 2.16 bits per heavy atom. The third-order valence-corrected chi connectivity index (χ3v) is 4.34. The Balaban J connectivity index is 2.06. The molecule has 0 saturated carbocycles. The fraction of sp³-hybridized carbons (Fsp3) is 0.625. The molecule has 0 aliphatic carbocycles. The highest BCUT2D eigenvalue weighted by Crippen LogP contribution is 2.22. The highest BCUT2D eigenvalue weighted by atomic mass is 15.3.